The summed E-state index contributed by atoms with van der Waals surface area (Å²) in [5.41, 5.74) is 6.69. The molecule has 1 aromatic heterocycles. The number of fused-ring (bicyclic) bond motifs is 1. The number of nitrogens with two attached hydrogens (primary N) is 1. The van der Waals surface area contributed by atoms with Gasteiger partial charge in [0, 0.05) is 6.54 Å². The fourth-order valence-corrected chi connectivity index (χ4v) is 3.26. The van der Waals surface area contributed by atoms with E-state index in [0.29, 0.717) is 15.0 Å². The third-order valence-corrected chi connectivity index (χ3v) is 5.10. The van der Waals surface area contributed by atoms with Crippen LogP contribution in [0.3, 0.4) is 0 Å². The summed E-state index contributed by atoms with van der Waals surface area (Å²) in [6.07, 6.45) is 0.242. The quantitative estimate of drug-likeness (QED) is 0.326. The number of nitrogens with one attached hydrogen (secondary N) is 1. The Labute approximate surface area is 162 Å². The molecule has 0 fully saturated rings. The van der Waals surface area contributed by atoms with E-state index in [4.69, 9.17) is 10.4 Å². The molecule has 12 heteroatoms. The van der Waals surface area contributed by atoms with Crippen molar-refractivity contribution in [2.24, 2.45) is 5.73 Å². The number of carbonyl (C=O) groups is 2. The lowest BCUT2D eigenvalue weighted by atomic mass is 9.72. The van der Waals surface area contributed by atoms with Crippen molar-refractivity contribution in [2.45, 2.75) is 25.5 Å². The molecule has 0 radical (unpaired) electrons. The molecule has 0 spiro atoms. The van der Waals surface area contributed by atoms with E-state index in [0.717, 1.165) is 0 Å². The SMILES string of the molecule is NCc1nnn(CC(=O)N[C@H]2Cc3cccc(C(=O)O)c3OB2O)c1I. The first-order valence-electron chi connectivity index (χ1n) is 7.68. The lowest BCUT2D eigenvalue weighted by Gasteiger charge is -2.28. The lowest BCUT2D eigenvalue weighted by Crippen LogP contribution is -2.53. The predicted octanol–water partition coefficient (Wildman–Crippen LogP) is -0.821. The van der Waals surface area contributed by atoms with Gasteiger partial charge in [-0.2, -0.15) is 0 Å². The summed E-state index contributed by atoms with van der Waals surface area (Å²) in [6, 6.07) is 4.68. The average molecular weight is 471 g/mol. The summed E-state index contributed by atoms with van der Waals surface area (Å²) in [6.45, 7) is 0.133. The summed E-state index contributed by atoms with van der Waals surface area (Å²) < 4.78 is 7.41. The molecule has 2 heterocycles. The number of hydrogen-bond donors (Lipinski definition) is 4. The van der Waals surface area contributed by atoms with Crippen molar-refractivity contribution in [1.29, 1.82) is 0 Å². The first kappa shape index (κ1) is 18.6. The van der Waals surface area contributed by atoms with Crippen molar-refractivity contribution in [3.8, 4) is 5.75 Å². The van der Waals surface area contributed by atoms with Crippen LogP contribution in [0.15, 0.2) is 18.2 Å². The molecule has 0 saturated carbocycles. The van der Waals surface area contributed by atoms with Crippen molar-refractivity contribution >= 4 is 41.6 Å². The minimum Gasteiger partial charge on any atom is -0.534 e. The van der Waals surface area contributed by atoms with Crippen LogP contribution in [0.4, 0.5) is 0 Å². The monoisotopic (exact) mass is 471 g/mol. The van der Waals surface area contributed by atoms with E-state index in [9.17, 15) is 19.7 Å². The highest BCUT2D eigenvalue weighted by molar-refractivity contribution is 14.1. The van der Waals surface area contributed by atoms with Gasteiger partial charge >= 0.3 is 13.1 Å². The number of para-hydroxylation sites is 1. The Hall–Kier alpha value is -2.19. The van der Waals surface area contributed by atoms with Crippen molar-refractivity contribution < 1.29 is 24.4 Å². The largest absolute Gasteiger partial charge is 0.547 e. The zero-order chi connectivity index (χ0) is 18.8. The van der Waals surface area contributed by atoms with Crippen molar-refractivity contribution in [3.05, 3.63) is 38.7 Å². The van der Waals surface area contributed by atoms with Crippen molar-refractivity contribution in [2.75, 3.05) is 0 Å². The first-order valence-corrected chi connectivity index (χ1v) is 8.75. The van der Waals surface area contributed by atoms with E-state index >= 15 is 0 Å². The average Bonchev–Trinajstić information content (AvgIpc) is 2.94. The number of hydrogen-bond acceptors (Lipinski definition) is 7. The van der Waals surface area contributed by atoms with Gasteiger partial charge in [0.1, 0.15) is 21.7 Å². The highest BCUT2D eigenvalue weighted by Gasteiger charge is 2.37. The number of carbonyl (C=O) groups excluding carboxylic acids is 1. The maximum Gasteiger partial charge on any atom is 0.547 e. The van der Waals surface area contributed by atoms with Gasteiger partial charge in [-0.15, -0.1) is 5.10 Å². The second-order valence-electron chi connectivity index (χ2n) is 5.67. The molecule has 0 aliphatic carbocycles. The van der Waals surface area contributed by atoms with E-state index < -0.39 is 19.0 Å². The van der Waals surface area contributed by atoms with Crippen LogP contribution in [0, 0.1) is 3.70 Å². The molecule has 5 N–H and O–H groups in total. The van der Waals surface area contributed by atoms with Gasteiger partial charge in [-0.25, -0.2) is 9.48 Å². The number of benzene rings is 1. The van der Waals surface area contributed by atoms with Crippen LogP contribution >= 0.6 is 22.6 Å². The van der Waals surface area contributed by atoms with Crippen LogP contribution in [0.2, 0.25) is 0 Å². The number of carboxylic acid groups (broad SMARTS) is 1. The molecule has 0 unspecified atom stereocenters. The van der Waals surface area contributed by atoms with Gasteiger partial charge in [0.25, 0.3) is 0 Å². The number of rotatable bonds is 5. The van der Waals surface area contributed by atoms with Crippen LogP contribution in [-0.4, -0.2) is 50.1 Å². The zero-order valence-electron chi connectivity index (χ0n) is 13.4. The summed E-state index contributed by atoms with van der Waals surface area (Å²) in [5, 5.41) is 29.8. The van der Waals surface area contributed by atoms with E-state index in [1.165, 1.54) is 10.7 Å². The fourth-order valence-electron chi connectivity index (χ4n) is 2.67. The van der Waals surface area contributed by atoms with Gasteiger partial charge in [-0.1, -0.05) is 17.3 Å². The van der Waals surface area contributed by atoms with Gasteiger partial charge < -0.3 is 25.8 Å². The van der Waals surface area contributed by atoms with Gasteiger partial charge in [0.05, 0.1) is 11.5 Å². The van der Waals surface area contributed by atoms with Gasteiger partial charge in [0.2, 0.25) is 5.91 Å². The number of aromatic nitrogens is 3. The predicted molar refractivity (Wildman–Crippen MR) is 98.3 cm³/mol. The smallest absolute Gasteiger partial charge is 0.534 e. The minimum absolute atomic E-state index is 0.0298. The van der Waals surface area contributed by atoms with Gasteiger partial charge in [-0.05, 0) is 40.6 Å². The van der Waals surface area contributed by atoms with Crippen LogP contribution in [0.25, 0.3) is 0 Å². The Bertz CT molecular complexity index is 860. The molecule has 1 atom stereocenters. The van der Waals surface area contributed by atoms with E-state index in [1.54, 1.807) is 12.1 Å². The van der Waals surface area contributed by atoms with Gasteiger partial charge in [-0.3, -0.25) is 4.79 Å². The number of carboxylic acids is 1. The Morgan fingerprint density at radius 3 is 2.92 bits per heavy atom. The van der Waals surface area contributed by atoms with E-state index in [-0.39, 0.29) is 36.7 Å². The number of halogens is 1. The molecule has 136 valence electrons. The summed E-state index contributed by atoms with van der Waals surface area (Å²) in [4.78, 5) is 23.5. The van der Waals surface area contributed by atoms with Crippen LogP contribution in [0.1, 0.15) is 21.6 Å². The molecule has 0 saturated heterocycles. The molecule has 1 amide bonds. The molecular formula is C14H15BIN5O5. The fraction of sp³-hybridized carbons (Fsp3) is 0.286. The molecule has 1 aliphatic heterocycles. The Morgan fingerprint density at radius 1 is 1.50 bits per heavy atom. The summed E-state index contributed by atoms with van der Waals surface area (Å²) >= 11 is 2.00. The molecule has 10 nitrogen and oxygen atoms in total. The van der Waals surface area contributed by atoms with Crippen molar-refractivity contribution in [1.82, 2.24) is 20.3 Å². The highest BCUT2D eigenvalue weighted by atomic mass is 127. The maximum absolute atomic E-state index is 12.3. The van der Waals surface area contributed by atoms with E-state index in [1.807, 2.05) is 22.6 Å². The molecule has 1 aromatic carbocycles. The number of nitrogens with zero attached hydrogens (tertiary/aromatic N) is 3. The van der Waals surface area contributed by atoms with Crippen molar-refractivity contribution in [3.63, 3.8) is 0 Å². The highest BCUT2D eigenvalue weighted by Crippen LogP contribution is 2.30. The molecule has 1 aliphatic rings. The molecule has 2 aromatic rings. The summed E-state index contributed by atoms with van der Waals surface area (Å²) in [5.74, 6) is -2.12. The number of amides is 1. The second-order valence-corrected chi connectivity index (χ2v) is 6.70. The molecular weight excluding hydrogens is 456 g/mol. The Balaban J connectivity index is 1.71. The third kappa shape index (κ3) is 3.66. The molecule has 0 bridgehead atoms. The number of aromatic carboxylic acids is 1. The standard InChI is InChI=1S/C14H15BIN5O5/c16-13-9(5-17)19-20-21(13)6-11(22)18-10-4-7-2-1-3-8(14(23)24)12(7)26-15(10)25/h1-3,10,25H,4-6,17H2,(H,18,22)(H,23,24)/t10-/m0/s1. The summed E-state index contributed by atoms with van der Waals surface area (Å²) in [7, 11) is -1.36. The van der Waals surface area contributed by atoms with Crippen LogP contribution < -0.4 is 15.7 Å². The first-order chi connectivity index (χ1) is 12.4. The van der Waals surface area contributed by atoms with Crippen LogP contribution in [-0.2, 0) is 24.3 Å². The Morgan fingerprint density at radius 2 is 2.27 bits per heavy atom. The van der Waals surface area contributed by atoms with Gasteiger partial charge in [0.15, 0.2) is 0 Å². The third-order valence-electron chi connectivity index (χ3n) is 3.92. The zero-order valence-corrected chi connectivity index (χ0v) is 15.6. The minimum atomic E-state index is -1.36. The maximum atomic E-state index is 12.3. The molecule has 3 rings (SSSR count). The topological polar surface area (TPSA) is 153 Å². The van der Waals surface area contributed by atoms with Crippen LogP contribution in [0.5, 0.6) is 5.75 Å². The second kappa shape index (κ2) is 7.59. The Kier molecular flexibility index (Phi) is 5.43. The van der Waals surface area contributed by atoms with E-state index in [2.05, 4.69) is 15.6 Å². The lowest BCUT2D eigenvalue weighted by molar-refractivity contribution is -0.122. The normalized spacial score (nSPS) is 16.0. The molecule has 26 heavy (non-hydrogen) atoms.